The molecule has 0 radical (unpaired) electrons. The van der Waals surface area contributed by atoms with Crippen molar-refractivity contribution in [3.8, 4) is 0 Å². The minimum Gasteiger partial charge on any atom is -0.454 e. The number of ether oxygens (including phenoxy) is 1. The van der Waals surface area contributed by atoms with Crippen LogP contribution in [0.15, 0.2) is 35.3 Å². The number of carbonyl (C=O) groups excluding carboxylic acids is 2. The Morgan fingerprint density at radius 2 is 1.88 bits per heavy atom. The van der Waals surface area contributed by atoms with Gasteiger partial charge in [-0.2, -0.15) is 11.3 Å². The molecule has 182 valence electrons. The van der Waals surface area contributed by atoms with Gasteiger partial charge in [0.05, 0.1) is 13.1 Å². The summed E-state index contributed by atoms with van der Waals surface area (Å²) in [4.78, 5) is 34.5. The molecule has 1 aliphatic carbocycles. The summed E-state index contributed by atoms with van der Waals surface area (Å²) >= 11 is 1.49. The fourth-order valence-electron chi connectivity index (χ4n) is 6.16. The maximum Gasteiger partial charge on any atom is 0.343 e. The second kappa shape index (κ2) is 9.71. The number of thiophene rings is 1. The van der Waals surface area contributed by atoms with Crippen LogP contribution < -0.4 is 5.32 Å². The molecule has 2 aromatic heterocycles. The molecule has 0 aromatic carbocycles. The quantitative estimate of drug-likeness (QED) is 0.462. The zero-order chi connectivity index (χ0) is 23.6. The van der Waals surface area contributed by atoms with Gasteiger partial charge >= 0.3 is 5.97 Å². The molecule has 2 N–H and O–H groups in total. The molecule has 3 aliphatic heterocycles. The van der Waals surface area contributed by atoms with E-state index >= 15 is 0 Å². The van der Waals surface area contributed by atoms with Crippen molar-refractivity contribution >= 4 is 29.2 Å². The number of hydrogen-bond donors (Lipinski definition) is 2. The SMILES string of the molecule is O=C(C[N+]12CCC(CC1)C(OC(=O)[C@](O)(c1ccsc1)C1CCCCC1)C2)Nc1ncccn1. The largest absolute Gasteiger partial charge is 0.454 e. The summed E-state index contributed by atoms with van der Waals surface area (Å²) in [7, 11) is 0. The predicted molar refractivity (Wildman–Crippen MR) is 128 cm³/mol. The molecule has 1 amide bonds. The third-order valence-corrected chi connectivity index (χ3v) is 8.75. The highest BCUT2D eigenvalue weighted by Crippen LogP contribution is 2.43. The van der Waals surface area contributed by atoms with Crippen LogP contribution in [-0.2, 0) is 19.9 Å². The van der Waals surface area contributed by atoms with E-state index in [0.717, 1.165) is 58.0 Å². The lowest BCUT2D eigenvalue weighted by molar-refractivity contribution is -0.939. The lowest BCUT2D eigenvalue weighted by Gasteiger charge is -2.52. The van der Waals surface area contributed by atoms with Crippen LogP contribution in [0.5, 0.6) is 0 Å². The standard InChI is InChI=1S/C25H32N4O4S/c30-22(28-24-26-10-4-11-27-24)16-29-12-7-18(8-13-29)21(15-29)33-23(31)25(32,20-9-14-34-17-20)19-5-2-1-3-6-19/h4,9-11,14,17-19,21,32H,1-3,5-8,12-13,15-16H2/p+1/t18?,21?,25-,29?/m1/s1. The summed E-state index contributed by atoms with van der Waals surface area (Å²) in [6, 6.07) is 3.55. The van der Waals surface area contributed by atoms with Crippen molar-refractivity contribution in [2.45, 2.75) is 56.7 Å². The van der Waals surface area contributed by atoms with E-state index in [1.807, 2.05) is 16.8 Å². The average molecular weight is 486 g/mol. The van der Waals surface area contributed by atoms with Gasteiger partial charge in [-0.1, -0.05) is 19.3 Å². The van der Waals surface area contributed by atoms with Crippen LogP contribution in [-0.4, -0.2) is 63.7 Å². The number of aromatic nitrogens is 2. The number of hydrogen-bond acceptors (Lipinski definition) is 7. The van der Waals surface area contributed by atoms with Gasteiger partial charge in [-0.05, 0) is 35.7 Å². The minimum absolute atomic E-state index is 0.121. The highest BCUT2D eigenvalue weighted by atomic mass is 32.1. The summed E-state index contributed by atoms with van der Waals surface area (Å²) in [5.74, 6) is -0.189. The van der Waals surface area contributed by atoms with Crippen molar-refractivity contribution in [2.24, 2.45) is 11.8 Å². The van der Waals surface area contributed by atoms with Gasteiger partial charge in [-0.25, -0.2) is 14.8 Å². The maximum atomic E-state index is 13.6. The Morgan fingerprint density at radius 3 is 2.56 bits per heavy atom. The normalized spacial score (nSPS) is 28.7. The van der Waals surface area contributed by atoms with Crippen LogP contribution in [0.1, 0.15) is 50.5 Å². The number of quaternary nitrogens is 1. The fourth-order valence-corrected chi connectivity index (χ4v) is 6.87. The van der Waals surface area contributed by atoms with Crippen molar-refractivity contribution in [3.63, 3.8) is 0 Å². The summed E-state index contributed by atoms with van der Waals surface area (Å²) in [6.45, 7) is 2.68. The predicted octanol–water partition coefficient (Wildman–Crippen LogP) is 3.10. The second-order valence-electron chi connectivity index (χ2n) is 10.1. The third kappa shape index (κ3) is 4.61. The lowest BCUT2D eigenvalue weighted by atomic mass is 9.74. The van der Waals surface area contributed by atoms with Crippen molar-refractivity contribution in [3.05, 3.63) is 40.8 Å². The molecular formula is C25H33N4O4S+. The monoisotopic (exact) mass is 485 g/mol. The van der Waals surface area contributed by atoms with Crippen molar-refractivity contribution < 1.29 is 23.9 Å². The van der Waals surface area contributed by atoms with Crippen LogP contribution >= 0.6 is 11.3 Å². The van der Waals surface area contributed by atoms with Crippen LogP contribution in [0, 0.1) is 11.8 Å². The second-order valence-corrected chi connectivity index (χ2v) is 10.9. The number of nitrogens with one attached hydrogen (secondary N) is 1. The molecule has 8 nitrogen and oxygen atoms in total. The molecule has 1 saturated carbocycles. The van der Waals surface area contributed by atoms with E-state index < -0.39 is 11.6 Å². The van der Waals surface area contributed by atoms with E-state index in [1.165, 1.54) is 11.3 Å². The molecule has 9 heteroatoms. The summed E-state index contributed by atoms with van der Waals surface area (Å²) < 4.78 is 6.73. The van der Waals surface area contributed by atoms with Gasteiger partial charge in [0.1, 0.15) is 6.54 Å². The van der Waals surface area contributed by atoms with E-state index in [0.29, 0.717) is 29.1 Å². The van der Waals surface area contributed by atoms with Crippen molar-refractivity contribution in [1.29, 1.82) is 0 Å². The van der Waals surface area contributed by atoms with Gasteiger partial charge < -0.3 is 14.3 Å². The number of amides is 1. The summed E-state index contributed by atoms with van der Waals surface area (Å²) in [5.41, 5.74) is -0.943. The third-order valence-electron chi connectivity index (χ3n) is 8.06. The fraction of sp³-hybridized carbons (Fsp3) is 0.600. The van der Waals surface area contributed by atoms with Crippen LogP contribution in [0.2, 0.25) is 0 Å². The van der Waals surface area contributed by atoms with E-state index in [4.69, 9.17) is 4.74 Å². The first-order chi connectivity index (χ1) is 16.5. The Bertz CT molecular complexity index is 988. The smallest absolute Gasteiger partial charge is 0.343 e. The van der Waals surface area contributed by atoms with Gasteiger partial charge in [0.15, 0.2) is 18.2 Å². The van der Waals surface area contributed by atoms with Gasteiger partial charge in [-0.3, -0.25) is 10.1 Å². The number of nitrogens with zero attached hydrogens (tertiary/aromatic N) is 3. The Morgan fingerprint density at radius 1 is 1.15 bits per heavy atom. The minimum atomic E-state index is -1.60. The van der Waals surface area contributed by atoms with Crippen LogP contribution in [0.25, 0.3) is 0 Å². The lowest BCUT2D eigenvalue weighted by Crippen LogP contribution is -2.66. The van der Waals surface area contributed by atoms with E-state index in [2.05, 4.69) is 15.3 Å². The van der Waals surface area contributed by atoms with Crippen molar-refractivity contribution in [2.75, 3.05) is 31.5 Å². The molecule has 1 unspecified atom stereocenters. The number of aliphatic hydroxyl groups is 1. The zero-order valence-electron chi connectivity index (χ0n) is 19.4. The molecular weight excluding hydrogens is 452 g/mol. The van der Waals surface area contributed by atoms with Gasteiger partial charge in [-0.15, -0.1) is 0 Å². The summed E-state index contributed by atoms with van der Waals surface area (Å²) in [5, 5.41) is 18.3. The molecule has 0 spiro atoms. The highest BCUT2D eigenvalue weighted by Gasteiger charge is 2.52. The number of piperidine rings is 3. The molecule has 2 aromatic rings. The highest BCUT2D eigenvalue weighted by molar-refractivity contribution is 7.08. The maximum absolute atomic E-state index is 13.6. The number of esters is 1. The van der Waals surface area contributed by atoms with Crippen LogP contribution in [0.3, 0.4) is 0 Å². The molecule has 5 heterocycles. The molecule has 4 aliphatic rings. The van der Waals surface area contributed by atoms with E-state index in [9.17, 15) is 14.7 Å². The molecule has 34 heavy (non-hydrogen) atoms. The Kier molecular flexibility index (Phi) is 6.68. The first-order valence-corrected chi connectivity index (χ1v) is 13.3. The van der Waals surface area contributed by atoms with E-state index in [1.54, 1.807) is 18.5 Å². The van der Waals surface area contributed by atoms with Gasteiger partial charge in [0.2, 0.25) is 5.95 Å². The molecule has 3 saturated heterocycles. The topological polar surface area (TPSA) is 101 Å². The Labute approximate surface area is 204 Å². The molecule has 2 atom stereocenters. The zero-order valence-corrected chi connectivity index (χ0v) is 20.2. The Hall–Kier alpha value is -2.36. The average Bonchev–Trinajstić information content (AvgIpc) is 3.40. The first kappa shape index (κ1) is 23.4. The molecule has 6 rings (SSSR count). The van der Waals surface area contributed by atoms with Crippen molar-refractivity contribution in [1.82, 2.24) is 9.97 Å². The molecule has 4 fully saturated rings. The van der Waals surface area contributed by atoms with E-state index in [-0.39, 0.29) is 23.8 Å². The first-order valence-electron chi connectivity index (χ1n) is 12.4. The number of anilines is 1. The molecule has 2 bridgehead atoms. The Balaban J connectivity index is 1.29. The van der Waals surface area contributed by atoms with Crippen LogP contribution in [0.4, 0.5) is 5.95 Å². The number of rotatable bonds is 7. The number of fused-ring (bicyclic) bond motifs is 3. The van der Waals surface area contributed by atoms with Gasteiger partial charge in [0, 0.05) is 42.6 Å². The van der Waals surface area contributed by atoms with Gasteiger partial charge in [0.25, 0.3) is 5.91 Å². The summed E-state index contributed by atoms with van der Waals surface area (Å²) in [6.07, 6.45) is 9.58. The number of carbonyl (C=O) groups is 2.